The minimum absolute atomic E-state index is 0.326. The molecule has 0 saturated heterocycles. The van der Waals surface area contributed by atoms with Gasteiger partial charge in [-0.1, -0.05) is 37.3 Å². The number of anilines is 1. The number of aromatic nitrogens is 3. The van der Waals surface area contributed by atoms with Crippen molar-refractivity contribution < 1.29 is 0 Å². The number of aryl methyl sites for hydroxylation is 2. The van der Waals surface area contributed by atoms with Crippen molar-refractivity contribution in [3.05, 3.63) is 40.6 Å². The third-order valence-electron chi connectivity index (χ3n) is 3.25. The van der Waals surface area contributed by atoms with Crippen LogP contribution in [-0.4, -0.2) is 15.0 Å². The molecule has 2 N–H and O–H groups in total. The molecule has 1 aromatic heterocycles. The highest BCUT2D eigenvalue weighted by Gasteiger charge is 2.13. The molecule has 0 amide bonds. The van der Waals surface area contributed by atoms with Gasteiger partial charge in [0.1, 0.15) is 0 Å². The van der Waals surface area contributed by atoms with Crippen molar-refractivity contribution in [2.45, 2.75) is 40.2 Å². The van der Waals surface area contributed by atoms with E-state index in [1.165, 1.54) is 16.7 Å². The minimum Gasteiger partial charge on any atom is -0.381 e. The van der Waals surface area contributed by atoms with Crippen molar-refractivity contribution >= 4 is 5.82 Å². The maximum absolute atomic E-state index is 5.86. The third kappa shape index (κ3) is 2.37. The van der Waals surface area contributed by atoms with Gasteiger partial charge in [-0.15, -0.1) is 5.10 Å². The lowest BCUT2D eigenvalue weighted by molar-refractivity contribution is 0.598. The van der Waals surface area contributed by atoms with E-state index < -0.39 is 0 Å². The molecule has 0 fully saturated rings. The van der Waals surface area contributed by atoms with Crippen LogP contribution in [0.1, 0.15) is 42.1 Å². The topological polar surface area (TPSA) is 56.7 Å². The van der Waals surface area contributed by atoms with Gasteiger partial charge in [0.05, 0.1) is 12.2 Å². The zero-order chi connectivity index (χ0) is 13.3. The quantitative estimate of drug-likeness (QED) is 0.903. The summed E-state index contributed by atoms with van der Waals surface area (Å²) in [6.07, 6.45) is 0. The Kier molecular flexibility index (Phi) is 3.36. The first-order valence-electron chi connectivity index (χ1n) is 6.24. The number of rotatable bonds is 3. The first kappa shape index (κ1) is 12.6. The van der Waals surface area contributed by atoms with E-state index in [1.54, 1.807) is 0 Å². The highest BCUT2D eigenvalue weighted by molar-refractivity contribution is 5.36. The number of nitrogens with two attached hydrogens (primary N) is 1. The zero-order valence-electron chi connectivity index (χ0n) is 11.4. The average Bonchev–Trinajstić information content (AvgIpc) is 2.65. The summed E-state index contributed by atoms with van der Waals surface area (Å²) in [5.41, 5.74) is 10.7. The molecule has 96 valence electrons. The molecule has 1 aromatic carbocycles. The first-order chi connectivity index (χ1) is 8.49. The van der Waals surface area contributed by atoms with Gasteiger partial charge in [0.2, 0.25) is 0 Å². The summed E-state index contributed by atoms with van der Waals surface area (Å²) >= 11 is 0. The maximum atomic E-state index is 5.86. The largest absolute Gasteiger partial charge is 0.381 e. The third-order valence-corrected chi connectivity index (χ3v) is 3.25. The van der Waals surface area contributed by atoms with Crippen molar-refractivity contribution in [2.75, 3.05) is 5.73 Å². The molecule has 0 aliphatic rings. The molecule has 0 bridgehead atoms. The summed E-state index contributed by atoms with van der Waals surface area (Å²) in [4.78, 5) is 0. The van der Waals surface area contributed by atoms with Gasteiger partial charge >= 0.3 is 0 Å². The summed E-state index contributed by atoms with van der Waals surface area (Å²) in [6.45, 7) is 9.17. The summed E-state index contributed by atoms with van der Waals surface area (Å²) in [7, 11) is 0. The molecule has 1 heterocycles. The van der Waals surface area contributed by atoms with Gasteiger partial charge in [0.15, 0.2) is 5.82 Å². The van der Waals surface area contributed by atoms with E-state index in [-0.39, 0.29) is 0 Å². The molecule has 0 aliphatic carbocycles. The van der Waals surface area contributed by atoms with Crippen LogP contribution < -0.4 is 5.73 Å². The van der Waals surface area contributed by atoms with Crippen LogP contribution in [0.3, 0.4) is 0 Å². The number of hydrogen-bond donors (Lipinski definition) is 1. The van der Waals surface area contributed by atoms with Crippen molar-refractivity contribution in [3.8, 4) is 0 Å². The fourth-order valence-electron chi connectivity index (χ4n) is 2.12. The Morgan fingerprint density at radius 2 is 1.94 bits per heavy atom. The number of nitrogens with zero attached hydrogens (tertiary/aromatic N) is 3. The highest BCUT2D eigenvalue weighted by atomic mass is 15.4. The Morgan fingerprint density at radius 1 is 1.22 bits per heavy atom. The Hall–Kier alpha value is -1.84. The van der Waals surface area contributed by atoms with Crippen molar-refractivity contribution in [1.82, 2.24) is 15.0 Å². The second-order valence-electron chi connectivity index (χ2n) is 5.09. The van der Waals surface area contributed by atoms with Crippen LogP contribution in [0.2, 0.25) is 0 Å². The highest BCUT2D eigenvalue weighted by Crippen LogP contribution is 2.20. The molecule has 0 aliphatic heterocycles. The fourth-order valence-corrected chi connectivity index (χ4v) is 2.12. The SMILES string of the molecule is Cc1ccc(Cn2nnc(N)c2C(C)C)cc1C. The molecule has 0 radical (unpaired) electrons. The van der Waals surface area contributed by atoms with E-state index in [1.807, 2.05) is 4.68 Å². The van der Waals surface area contributed by atoms with Crippen molar-refractivity contribution in [1.29, 1.82) is 0 Å². The van der Waals surface area contributed by atoms with Crippen LogP contribution in [0, 0.1) is 13.8 Å². The predicted molar refractivity (Wildman–Crippen MR) is 73.5 cm³/mol. The van der Waals surface area contributed by atoms with Gasteiger partial charge in [-0.2, -0.15) is 0 Å². The Bertz CT molecular complexity index is 555. The van der Waals surface area contributed by atoms with Gasteiger partial charge in [0, 0.05) is 0 Å². The predicted octanol–water partition coefficient (Wildman–Crippen LogP) is 2.65. The van der Waals surface area contributed by atoms with E-state index in [2.05, 4.69) is 56.2 Å². The summed E-state index contributed by atoms with van der Waals surface area (Å²) in [5, 5.41) is 8.09. The molecule has 0 unspecified atom stereocenters. The van der Waals surface area contributed by atoms with Crippen molar-refractivity contribution in [3.63, 3.8) is 0 Å². The van der Waals surface area contributed by atoms with Crippen LogP contribution in [0.25, 0.3) is 0 Å². The molecule has 0 spiro atoms. The standard InChI is InChI=1S/C14H20N4/c1-9(2)13-14(15)16-17-18(13)8-12-6-5-10(3)11(4)7-12/h5-7,9H,8,15H2,1-4H3. The lowest BCUT2D eigenvalue weighted by Crippen LogP contribution is -2.09. The van der Waals surface area contributed by atoms with Crippen LogP contribution in [0.15, 0.2) is 18.2 Å². The number of benzene rings is 1. The number of hydrogen-bond acceptors (Lipinski definition) is 3. The van der Waals surface area contributed by atoms with Gasteiger partial charge < -0.3 is 5.73 Å². The minimum atomic E-state index is 0.326. The fraction of sp³-hybridized carbons (Fsp3) is 0.429. The molecule has 2 rings (SSSR count). The lowest BCUT2D eigenvalue weighted by atomic mass is 10.1. The molecular formula is C14H20N4. The summed E-state index contributed by atoms with van der Waals surface area (Å²) in [6, 6.07) is 6.46. The summed E-state index contributed by atoms with van der Waals surface area (Å²) in [5.74, 6) is 0.861. The van der Waals surface area contributed by atoms with Crippen LogP contribution >= 0.6 is 0 Å². The van der Waals surface area contributed by atoms with E-state index in [9.17, 15) is 0 Å². The van der Waals surface area contributed by atoms with Crippen LogP contribution in [0.4, 0.5) is 5.82 Å². The van der Waals surface area contributed by atoms with Crippen LogP contribution in [0.5, 0.6) is 0 Å². The van der Waals surface area contributed by atoms with Crippen LogP contribution in [-0.2, 0) is 6.54 Å². The second-order valence-corrected chi connectivity index (χ2v) is 5.09. The average molecular weight is 244 g/mol. The van der Waals surface area contributed by atoms with E-state index in [4.69, 9.17) is 5.73 Å². The second kappa shape index (κ2) is 4.80. The van der Waals surface area contributed by atoms with Crippen molar-refractivity contribution in [2.24, 2.45) is 0 Å². The Morgan fingerprint density at radius 3 is 2.56 bits per heavy atom. The zero-order valence-corrected chi connectivity index (χ0v) is 11.4. The summed E-state index contributed by atoms with van der Waals surface area (Å²) < 4.78 is 1.89. The molecule has 4 nitrogen and oxygen atoms in total. The first-order valence-corrected chi connectivity index (χ1v) is 6.24. The lowest BCUT2D eigenvalue weighted by Gasteiger charge is -2.10. The molecule has 0 saturated carbocycles. The monoisotopic (exact) mass is 244 g/mol. The Balaban J connectivity index is 2.31. The Labute approximate surface area is 108 Å². The smallest absolute Gasteiger partial charge is 0.169 e. The van der Waals surface area contributed by atoms with E-state index in [0.717, 1.165) is 12.2 Å². The molecule has 2 aromatic rings. The molecule has 4 heteroatoms. The van der Waals surface area contributed by atoms with Gasteiger partial charge in [-0.05, 0) is 36.5 Å². The van der Waals surface area contributed by atoms with Gasteiger partial charge in [-0.25, -0.2) is 4.68 Å². The normalized spacial score (nSPS) is 11.2. The van der Waals surface area contributed by atoms with E-state index in [0.29, 0.717) is 11.7 Å². The molecular weight excluding hydrogens is 224 g/mol. The molecule has 18 heavy (non-hydrogen) atoms. The van der Waals surface area contributed by atoms with Gasteiger partial charge in [-0.3, -0.25) is 0 Å². The van der Waals surface area contributed by atoms with E-state index >= 15 is 0 Å². The molecule has 0 atom stereocenters. The van der Waals surface area contributed by atoms with Gasteiger partial charge in [0.25, 0.3) is 0 Å². The maximum Gasteiger partial charge on any atom is 0.169 e. The number of nitrogen functional groups attached to an aromatic ring is 1.